The number of piperazine rings is 1. The molecule has 2 aromatic carbocycles. The van der Waals surface area contributed by atoms with Gasteiger partial charge < -0.3 is 14.6 Å². The van der Waals surface area contributed by atoms with Crippen molar-refractivity contribution in [1.29, 1.82) is 0 Å². The fourth-order valence-electron chi connectivity index (χ4n) is 4.08. The number of aliphatic hydroxyl groups excluding tert-OH is 1. The largest absolute Gasteiger partial charge is 0.395 e. The van der Waals surface area contributed by atoms with Crippen molar-refractivity contribution in [2.24, 2.45) is 0 Å². The number of aliphatic hydroxyl groups is 1. The third-order valence-corrected chi connectivity index (χ3v) is 6.57. The van der Waals surface area contributed by atoms with Crippen LogP contribution in [-0.4, -0.2) is 58.9 Å². The van der Waals surface area contributed by atoms with E-state index in [2.05, 4.69) is 69.0 Å². The maximum absolute atomic E-state index is 9.21. The molecule has 0 atom stereocenters. The molecular weight excluding hydrogens is 368 g/mol. The first-order valence-electron chi connectivity index (χ1n) is 9.83. The Morgan fingerprint density at radius 3 is 2.46 bits per heavy atom. The van der Waals surface area contributed by atoms with E-state index in [-0.39, 0.29) is 6.61 Å². The fraction of sp³-hybridized carbons (Fsp3) is 0.318. The third kappa shape index (κ3) is 3.17. The van der Waals surface area contributed by atoms with Gasteiger partial charge in [-0.25, -0.2) is 4.98 Å². The Kier molecular flexibility index (Phi) is 4.76. The molecule has 5 nitrogen and oxygen atoms in total. The van der Waals surface area contributed by atoms with Crippen LogP contribution in [0.1, 0.15) is 5.56 Å². The molecule has 28 heavy (non-hydrogen) atoms. The van der Waals surface area contributed by atoms with Crippen LogP contribution in [0.2, 0.25) is 0 Å². The van der Waals surface area contributed by atoms with Crippen LogP contribution in [0.3, 0.4) is 0 Å². The maximum atomic E-state index is 9.21. The molecule has 1 aliphatic heterocycles. The summed E-state index contributed by atoms with van der Waals surface area (Å²) in [5.41, 5.74) is 2.54. The molecular formula is C22H24N4OS. The zero-order valence-electron chi connectivity index (χ0n) is 15.8. The highest BCUT2D eigenvalue weighted by Crippen LogP contribution is 2.37. The summed E-state index contributed by atoms with van der Waals surface area (Å²) >= 11 is 1.78. The third-order valence-electron chi connectivity index (χ3n) is 5.52. The fourth-order valence-corrected chi connectivity index (χ4v) is 5.15. The van der Waals surface area contributed by atoms with E-state index in [4.69, 9.17) is 4.98 Å². The minimum Gasteiger partial charge on any atom is -0.395 e. The molecule has 1 fully saturated rings. The van der Waals surface area contributed by atoms with Gasteiger partial charge in [0.05, 0.1) is 18.7 Å². The molecule has 6 heteroatoms. The molecule has 0 amide bonds. The Hall–Kier alpha value is -2.41. The molecule has 5 rings (SSSR count). The summed E-state index contributed by atoms with van der Waals surface area (Å²) in [5.74, 6) is 1.07. The van der Waals surface area contributed by atoms with Gasteiger partial charge in [-0.15, -0.1) is 11.3 Å². The molecule has 1 aliphatic rings. The molecule has 0 spiro atoms. The van der Waals surface area contributed by atoms with E-state index in [0.717, 1.165) is 50.0 Å². The number of hydrogen-bond acceptors (Lipinski definition) is 5. The van der Waals surface area contributed by atoms with E-state index in [9.17, 15) is 5.11 Å². The first-order chi connectivity index (χ1) is 13.8. The van der Waals surface area contributed by atoms with Gasteiger partial charge in [0.1, 0.15) is 4.83 Å². The van der Waals surface area contributed by atoms with Crippen molar-refractivity contribution in [3.05, 3.63) is 60.2 Å². The molecule has 0 aliphatic carbocycles. The lowest BCUT2D eigenvalue weighted by Crippen LogP contribution is -2.48. The second-order valence-corrected chi connectivity index (χ2v) is 8.32. The lowest BCUT2D eigenvalue weighted by molar-refractivity contribution is 0.188. The van der Waals surface area contributed by atoms with Crippen molar-refractivity contribution in [1.82, 2.24) is 14.5 Å². The molecule has 4 aromatic rings. The van der Waals surface area contributed by atoms with Gasteiger partial charge in [-0.2, -0.15) is 0 Å². The molecule has 1 saturated heterocycles. The zero-order valence-corrected chi connectivity index (χ0v) is 16.6. The number of anilines is 1. The van der Waals surface area contributed by atoms with Crippen molar-refractivity contribution in [2.45, 2.75) is 6.54 Å². The molecule has 144 valence electrons. The standard InChI is InChI=1S/C22H24N4OS/c27-15-14-24-10-12-25(13-11-24)22-23-21-20(18-8-4-5-9-19(18)28-21)26(22)16-17-6-2-1-3-7-17/h1-9,27H,10-16H2. The van der Waals surface area contributed by atoms with Crippen LogP contribution in [-0.2, 0) is 6.54 Å². The maximum Gasteiger partial charge on any atom is 0.207 e. The summed E-state index contributed by atoms with van der Waals surface area (Å²) < 4.78 is 3.69. The van der Waals surface area contributed by atoms with Crippen molar-refractivity contribution in [3.8, 4) is 0 Å². The minimum atomic E-state index is 0.227. The van der Waals surface area contributed by atoms with Gasteiger partial charge in [-0.05, 0) is 11.6 Å². The van der Waals surface area contributed by atoms with Crippen LogP contribution in [0.25, 0.3) is 20.4 Å². The number of imidazole rings is 1. The predicted molar refractivity (Wildman–Crippen MR) is 116 cm³/mol. The quantitative estimate of drug-likeness (QED) is 0.565. The molecule has 0 bridgehead atoms. The second-order valence-electron chi connectivity index (χ2n) is 7.29. The second kappa shape index (κ2) is 7.54. The molecule has 3 heterocycles. The number of nitrogens with zero attached hydrogens (tertiary/aromatic N) is 4. The van der Waals surface area contributed by atoms with Crippen molar-refractivity contribution < 1.29 is 5.11 Å². The Balaban J connectivity index is 1.57. The number of aromatic nitrogens is 2. The lowest BCUT2D eigenvalue weighted by atomic mass is 10.2. The van der Waals surface area contributed by atoms with Gasteiger partial charge in [0.15, 0.2) is 0 Å². The smallest absolute Gasteiger partial charge is 0.207 e. The summed E-state index contributed by atoms with van der Waals surface area (Å²) in [7, 11) is 0. The molecule has 0 saturated carbocycles. The SMILES string of the molecule is OCCN1CCN(c2nc3sc4ccccc4c3n2Cc2ccccc2)CC1. The van der Waals surface area contributed by atoms with E-state index in [1.807, 2.05) is 0 Å². The van der Waals surface area contributed by atoms with Crippen LogP contribution in [0, 0.1) is 0 Å². The number of benzene rings is 2. The van der Waals surface area contributed by atoms with Gasteiger partial charge in [0, 0.05) is 42.8 Å². The molecule has 2 aromatic heterocycles. The van der Waals surface area contributed by atoms with Gasteiger partial charge in [-0.3, -0.25) is 4.90 Å². The van der Waals surface area contributed by atoms with Crippen LogP contribution in [0.4, 0.5) is 5.95 Å². The Morgan fingerprint density at radius 1 is 0.929 bits per heavy atom. The Bertz CT molecular complexity index is 1080. The average Bonchev–Trinajstić information content (AvgIpc) is 3.26. The summed E-state index contributed by atoms with van der Waals surface area (Å²) in [6, 6.07) is 19.2. The highest BCUT2D eigenvalue weighted by Gasteiger charge is 2.24. The van der Waals surface area contributed by atoms with E-state index < -0.39 is 0 Å². The normalized spacial score (nSPS) is 15.7. The number of rotatable bonds is 5. The first-order valence-corrected chi connectivity index (χ1v) is 10.6. The van der Waals surface area contributed by atoms with Crippen molar-refractivity contribution in [3.63, 3.8) is 0 Å². The molecule has 1 N–H and O–H groups in total. The lowest BCUT2D eigenvalue weighted by Gasteiger charge is -2.35. The topological polar surface area (TPSA) is 44.5 Å². The van der Waals surface area contributed by atoms with Gasteiger partial charge in [0.25, 0.3) is 0 Å². The first kappa shape index (κ1) is 17.7. The van der Waals surface area contributed by atoms with Crippen LogP contribution >= 0.6 is 11.3 Å². The highest BCUT2D eigenvalue weighted by atomic mass is 32.1. The zero-order chi connectivity index (χ0) is 18.9. The molecule has 0 unspecified atom stereocenters. The molecule has 0 radical (unpaired) electrons. The van der Waals surface area contributed by atoms with Crippen molar-refractivity contribution >= 4 is 37.7 Å². The van der Waals surface area contributed by atoms with E-state index in [1.54, 1.807) is 11.3 Å². The Morgan fingerprint density at radius 2 is 1.68 bits per heavy atom. The van der Waals surface area contributed by atoms with Crippen LogP contribution < -0.4 is 4.90 Å². The number of fused-ring (bicyclic) bond motifs is 3. The summed E-state index contributed by atoms with van der Waals surface area (Å²) in [5, 5.41) is 10.5. The number of thiophene rings is 1. The number of hydrogen-bond donors (Lipinski definition) is 1. The van der Waals surface area contributed by atoms with E-state index in [0.29, 0.717) is 0 Å². The van der Waals surface area contributed by atoms with E-state index in [1.165, 1.54) is 21.2 Å². The van der Waals surface area contributed by atoms with Crippen LogP contribution in [0.15, 0.2) is 54.6 Å². The number of β-amino-alcohol motifs (C(OH)–C–C–N with tert-alkyl or cyclic N) is 1. The van der Waals surface area contributed by atoms with Gasteiger partial charge >= 0.3 is 0 Å². The van der Waals surface area contributed by atoms with Crippen molar-refractivity contribution in [2.75, 3.05) is 44.2 Å². The average molecular weight is 393 g/mol. The Labute approximate surface area is 168 Å². The highest BCUT2D eigenvalue weighted by molar-refractivity contribution is 7.25. The summed E-state index contributed by atoms with van der Waals surface area (Å²) in [6.07, 6.45) is 0. The van der Waals surface area contributed by atoms with E-state index >= 15 is 0 Å². The summed E-state index contributed by atoms with van der Waals surface area (Å²) in [6.45, 7) is 5.62. The van der Waals surface area contributed by atoms with Gasteiger partial charge in [-0.1, -0.05) is 48.5 Å². The van der Waals surface area contributed by atoms with Crippen LogP contribution in [0.5, 0.6) is 0 Å². The predicted octanol–water partition coefficient (Wildman–Crippen LogP) is 3.41. The van der Waals surface area contributed by atoms with Gasteiger partial charge in [0.2, 0.25) is 5.95 Å². The summed E-state index contributed by atoms with van der Waals surface area (Å²) in [4.78, 5) is 10.9. The minimum absolute atomic E-state index is 0.227. The monoisotopic (exact) mass is 392 g/mol.